The molecule has 0 aliphatic heterocycles. The number of pyridine rings is 1. The molecule has 0 radical (unpaired) electrons. The number of hydrogen-bond donors (Lipinski definition) is 1. The molecular weight excluding hydrogens is 264 g/mol. The molecule has 1 aromatic carbocycles. The predicted octanol–water partition coefficient (Wildman–Crippen LogP) is 2.78. The van der Waals surface area contributed by atoms with Crippen LogP contribution in [0.5, 0.6) is 0 Å². The van der Waals surface area contributed by atoms with Gasteiger partial charge in [-0.25, -0.2) is 4.98 Å². The van der Waals surface area contributed by atoms with Crippen LogP contribution in [0.2, 0.25) is 0 Å². The molecule has 3 rings (SSSR count). The SMILES string of the molecule is CCc1cc(C(=O)Nc2nccn2C)c2ncccc2c1. The Hall–Kier alpha value is -2.69. The van der Waals surface area contributed by atoms with E-state index >= 15 is 0 Å². The van der Waals surface area contributed by atoms with Crippen molar-refractivity contribution in [2.24, 2.45) is 7.05 Å². The highest BCUT2D eigenvalue weighted by Crippen LogP contribution is 2.20. The van der Waals surface area contributed by atoms with Crippen LogP contribution in [0.1, 0.15) is 22.8 Å². The Kier molecular flexibility index (Phi) is 3.39. The molecule has 0 spiro atoms. The summed E-state index contributed by atoms with van der Waals surface area (Å²) in [5, 5.41) is 3.80. The number of benzene rings is 1. The monoisotopic (exact) mass is 280 g/mol. The molecule has 0 aliphatic rings. The molecule has 3 aromatic rings. The van der Waals surface area contributed by atoms with Gasteiger partial charge in [0.1, 0.15) is 0 Å². The first-order chi connectivity index (χ1) is 10.2. The van der Waals surface area contributed by atoms with Gasteiger partial charge in [0.2, 0.25) is 5.95 Å². The van der Waals surface area contributed by atoms with Crippen LogP contribution in [0.3, 0.4) is 0 Å². The second kappa shape index (κ2) is 5.36. The summed E-state index contributed by atoms with van der Waals surface area (Å²) in [6.45, 7) is 2.07. The summed E-state index contributed by atoms with van der Waals surface area (Å²) in [4.78, 5) is 21.0. The van der Waals surface area contributed by atoms with Crippen molar-refractivity contribution in [3.63, 3.8) is 0 Å². The lowest BCUT2D eigenvalue weighted by atomic mass is 10.0. The van der Waals surface area contributed by atoms with E-state index in [4.69, 9.17) is 0 Å². The molecule has 21 heavy (non-hydrogen) atoms. The molecule has 0 aliphatic carbocycles. The van der Waals surface area contributed by atoms with Gasteiger partial charge in [0.15, 0.2) is 0 Å². The molecule has 2 heterocycles. The highest BCUT2D eigenvalue weighted by atomic mass is 16.1. The van der Waals surface area contributed by atoms with Gasteiger partial charge in [0.05, 0.1) is 11.1 Å². The molecule has 2 aromatic heterocycles. The minimum atomic E-state index is -0.191. The van der Waals surface area contributed by atoms with E-state index in [0.29, 0.717) is 17.0 Å². The molecule has 5 heteroatoms. The summed E-state index contributed by atoms with van der Waals surface area (Å²) in [5.74, 6) is 0.328. The minimum absolute atomic E-state index is 0.191. The van der Waals surface area contributed by atoms with Crippen molar-refractivity contribution < 1.29 is 4.79 Å². The normalized spacial score (nSPS) is 10.8. The van der Waals surface area contributed by atoms with E-state index in [1.807, 2.05) is 25.2 Å². The van der Waals surface area contributed by atoms with E-state index in [2.05, 4.69) is 28.3 Å². The van der Waals surface area contributed by atoms with Gasteiger partial charge < -0.3 is 4.57 Å². The quantitative estimate of drug-likeness (QED) is 0.802. The highest BCUT2D eigenvalue weighted by Gasteiger charge is 2.14. The molecule has 0 fully saturated rings. The fourth-order valence-corrected chi connectivity index (χ4v) is 2.29. The zero-order valence-electron chi connectivity index (χ0n) is 12.0. The van der Waals surface area contributed by atoms with Crippen LogP contribution in [0.4, 0.5) is 5.95 Å². The number of nitrogens with zero attached hydrogens (tertiary/aromatic N) is 3. The van der Waals surface area contributed by atoms with Gasteiger partial charge in [-0.2, -0.15) is 0 Å². The second-order valence-corrected chi connectivity index (χ2v) is 4.89. The molecule has 5 nitrogen and oxygen atoms in total. The Balaban J connectivity index is 2.06. The van der Waals surface area contributed by atoms with Gasteiger partial charge in [0, 0.05) is 31.0 Å². The number of fused-ring (bicyclic) bond motifs is 1. The second-order valence-electron chi connectivity index (χ2n) is 4.89. The third-order valence-electron chi connectivity index (χ3n) is 3.46. The Bertz CT molecular complexity index is 807. The van der Waals surface area contributed by atoms with E-state index in [1.54, 1.807) is 23.2 Å². The number of aromatic nitrogens is 3. The maximum Gasteiger partial charge on any atom is 0.260 e. The summed E-state index contributed by atoms with van der Waals surface area (Å²) in [6, 6.07) is 7.81. The van der Waals surface area contributed by atoms with Crippen LogP contribution in [-0.2, 0) is 13.5 Å². The van der Waals surface area contributed by atoms with Crippen molar-refractivity contribution in [1.82, 2.24) is 14.5 Å². The van der Waals surface area contributed by atoms with Gasteiger partial charge in [0.25, 0.3) is 5.91 Å². The van der Waals surface area contributed by atoms with E-state index < -0.39 is 0 Å². The van der Waals surface area contributed by atoms with Gasteiger partial charge in [-0.3, -0.25) is 15.1 Å². The highest BCUT2D eigenvalue weighted by molar-refractivity contribution is 6.11. The van der Waals surface area contributed by atoms with Crippen LogP contribution in [0.25, 0.3) is 10.9 Å². The fraction of sp³-hybridized carbons (Fsp3) is 0.188. The predicted molar refractivity (Wildman–Crippen MR) is 82.3 cm³/mol. The standard InChI is InChI=1S/C16H16N4O/c1-3-11-9-12-5-4-6-17-14(12)13(10-11)15(21)19-16-18-7-8-20(16)2/h4-10H,3H2,1-2H3,(H,18,19,21). The molecule has 0 saturated carbocycles. The molecule has 0 bridgehead atoms. The third-order valence-corrected chi connectivity index (χ3v) is 3.46. The molecular formula is C16H16N4O. The zero-order valence-corrected chi connectivity index (χ0v) is 12.0. The first kappa shape index (κ1) is 13.3. The van der Waals surface area contributed by atoms with Crippen LogP contribution < -0.4 is 5.32 Å². The van der Waals surface area contributed by atoms with E-state index in [1.165, 1.54) is 0 Å². The lowest BCUT2D eigenvalue weighted by Crippen LogP contribution is -2.16. The number of aryl methyl sites for hydroxylation is 2. The number of imidazole rings is 1. The van der Waals surface area contributed by atoms with Crippen molar-refractivity contribution in [3.8, 4) is 0 Å². The van der Waals surface area contributed by atoms with Crippen molar-refractivity contribution in [2.45, 2.75) is 13.3 Å². The fourth-order valence-electron chi connectivity index (χ4n) is 2.29. The van der Waals surface area contributed by atoms with Crippen molar-refractivity contribution in [1.29, 1.82) is 0 Å². The van der Waals surface area contributed by atoms with Crippen LogP contribution in [0.15, 0.2) is 42.9 Å². The average molecular weight is 280 g/mol. The number of rotatable bonds is 3. The van der Waals surface area contributed by atoms with Crippen molar-refractivity contribution in [2.75, 3.05) is 5.32 Å². The summed E-state index contributed by atoms with van der Waals surface area (Å²) < 4.78 is 1.76. The van der Waals surface area contributed by atoms with E-state index in [0.717, 1.165) is 17.4 Å². The third kappa shape index (κ3) is 2.50. The Morgan fingerprint density at radius 3 is 2.86 bits per heavy atom. The lowest BCUT2D eigenvalue weighted by Gasteiger charge is -2.09. The first-order valence-electron chi connectivity index (χ1n) is 6.85. The number of hydrogen-bond acceptors (Lipinski definition) is 3. The van der Waals surface area contributed by atoms with Gasteiger partial charge in [-0.1, -0.05) is 13.0 Å². The number of carbonyl (C=O) groups excluding carboxylic acids is 1. The maximum absolute atomic E-state index is 12.5. The largest absolute Gasteiger partial charge is 0.320 e. The van der Waals surface area contributed by atoms with Crippen molar-refractivity contribution in [3.05, 3.63) is 54.0 Å². The Labute approximate surface area is 122 Å². The molecule has 0 atom stereocenters. The Morgan fingerprint density at radius 1 is 1.29 bits per heavy atom. The Morgan fingerprint density at radius 2 is 2.14 bits per heavy atom. The molecule has 0 unspecified atom stereocenters. The maximum atomic E-state index is 12.5. The molecule has 0 saturated heterocycles. The molecule has 106 valence electrons. The topological polar surface area (TPSA) is 59.8 Å². The molecule has 1 N–H and O–H groups in total. The van der Waals surface area contributed by atoms with Crippen LogP contribution in [-0.4, -0.2) is 20.4 Å². The van der Waals surface area contributed by atoms with Gasteiger partial charge in [-0.15, -0.1) is 0 Å². The summed E-state index contributed by atoms with van der Waals surface area (Å²) in [5.41, 5.74) is 2.40. The van der Waals surface area contributed by atoms with Crippen molar-refractivity contribution >= 4 is 22.8 Å². The average Bonchev–Trinajstić information content (AvgIpc) is 2.91. The van der Waals surface area contributed by atoms with E-state index in [9.17, 15) is 4.79 Å². The van der Waals surface area contributed by atoms with Crippen LogP contribution in [0, 0.1) is 0 Å². The first-order valence-corrected chi connectivity index (χ1v) is 6.85. The van der Waals surface area contributed by atoms with E-state index in [-0.39, 0.29) is 5.91 Å². The summed E-state index contributed by atoms with van der Waals surface area (Å²) >= 11 is 0. The summed E-state index contributed by atoms with van der Waals surface area (Å²) in [7, 11) is 1.83. The number of carbonyl (C=O) groups is 1. The smallest absolute Gasteiger partial charge is 0.260 e. The summed E-state index contributed by atoms with van der Waals surface area (Å²) in [6.07, 6.45) is 6.00. The number of anilines is 1. The lowest BCUT2D eigenvalue weighted by molar-refractivity contribution is 0.102. The number of amides is 1. The number of nitrogens with one attached hydrogen (secondary N) is 1. The minimum Gasteiger partial charge on any atom is -0.320 e. The molecule has 1 amide bonds. The zero-order chi connectivity index (χ0) is 14.8. The van der Waals surface area contributed by atoms with Gasteiger partial charge >= 0.3 is 0 Å². The van der Waals surface area contributed by atoms with Gasteiger partial charge in [-0.05, 0) is 30.2 Å². The van der Waals surface area contributed by atoms with Crippen LogP contribution >= 0.6 is 0 Å².